The first-order chi connectivity index (χ1) is 7.54. The molecule has 2 N–H and O–H groups in total. The zero-order valence-corrected chi connectivity index (χ0v) is 11.7. The molecule has 1 unspecified atom stereocenters. The number of hydrogen-bond donors (Lipinski definition) is 2. The van der Waals surface area contributed by atoms with Crippen LogP contribution in [0.25, 0.3) is 0 Å². The summed E-state index contributed by atoms with van der Waals surface area (Å²) in [6, 6.07) is 0.940. The van der Waals surface area contributed by atoms with E-state index in [1.165, 1.54) is 0 Å². The Labute approximate surface area is 101 Å². The van der Waals surface area contributed by atoms with Crippen molar-refractivity contribution in [3.8, 4) is 0 Å². The van der Waals surface area contributed by atoms with Crippen LogP contribution in [-0.2, 0) is 0 Å². The number of likely N-dealkylation sites (N-methyl/N-ethyl adjacent to an activating group) is 1. The normalized spacial score (nSPS) is 14.4. The molecule has 0 spiro atoms. The van der Waals surface area contributed by atoms with Gasteiger partial charge in [-0.3, -0.25) is 9.89 Å². The summed E-state index contributed by atoms with van der Waals surface area (Å²) in [6.07, 6.45) is 0. The van der Waals surface area contributed by atoms with E-state index in [9.17, 15) is 0 Å². The molecule has 1 atom stereocenters. The molecule has 0 amide bonds. The van der Waals surface area contributed by atoms with E-state index in [4.69, 9.17) is 0 Å². The molecule has 0 fully saturated rings. The number of aliphatic imine (C=N–C) groups is 1. The molecule has 96 valence electrons. The minimum Gasteiger partial charge on any atom is -0.355 e. The van der Waals surface area contributed by atoms with E-state index in [0.29, 0.717) is 12.1 Å². The topological polar surface area (TPSA) is 39.7 Å². The molecule has 4 heteroatoms. The number of guanidine groups is 1. The van der Waals surface area contributed by atoms with Gasteiger partial charge in [-0.2, -0.15) is 0 Å². The smallest absolute Gasteiger partial charge is 0.191 e. The predicted octanol–water partition coefficient (Wildman–Crippen LogP) is 1.29. The van der Waals surface area contributed by atoms with Gasteiger partial charge in [0.15, 0.2) is 5.96 Å². The molecule has 4 nitrogen and oxygen atoms in total. The van der Waals surface area contributed by atoms with Crippen LogP contribution in [0.5, 0.6) is 0 Å². The second-order valence-electron chi connectivity index (χ2n) is 4.32. The first kappa shape index (κ1) is 15.2. The lowest BCUT2D eigenvalue weighted by Gasteiger charge is -2.27. The van der Waals surface area contributed by atoms with Crippen LogP contribution in [0.15, 0.2) is 4.99 Å². The molecule has 0 aliphatic heterocycles. The average molecular weight is 228 g/mol. The molecule has 0 saturated carbocycles. The first-order valence-corrected chi connectivity index (χ1v) is 6.26. The van der Waals surface area contributed by atoms with Gasteiger partial charge in [-0.1, -0.05) is 13.8 Å². The summed E-state index contributed by atoms with van der Waals surface area (Å²) in [5.41, 5.74) is 0. The average Bonchev–Trinajstić information content (AvgIpc) is 2.25. The van der Waals surface area contributed by atoms with E-state index in [1.54, 1.807) is 7.05 Å². The molecule has 0 rings (SSSR count). The number of hydrogen-bond acceptors (Lipinski definition) is 2. The third-order valence-corrected chi connectivity index (χ3v) is 2.65. The summed E-state index contributed by atoms with van der Waals surface area (Å²) in [6.45, 7) is 14.0. The molecule has 0 aromatic carbocycles. The first-order valence-electron chi connectivity index (χ1n) is 6.26. The van der Waals surface area contributed by atoms with E-state index in [1.807, 2.05) is 0 Å². The Morgan fingerprint density at radius 2 is 1.75 bits per heavy atom. The number of rotatable bonds is 6. The Hall–Kier alpha value is -0.770. The Kier molecular flexibility index (Phi) is 7.99. The molecule has 0 saturated heterocycles. The highest BCUT2D eigenvalue weighted by atomic mass is 15.2. The van der Waals surface area contributed by atoms with Gasteiger partial charge >= 0.3 is 0 Å². The minimum absolute atomic E-state index is 0.412. The quantitative estimate of drug-likeness (QED) is 0.531. The van der Waals surface area contributed by atoms with E-state index in [2.05, 4.69) is 55.1 Å². The molecular formula is C12H28N4. The van der Waals surface area contributed by atoms with Crippen molar-refractivity contribution in [1.29, 1.82) is 0 Å². The maximum absolute atomic E-state index is 4.19. The van der Waals surface area contributed by atoms with Crippen LogP contribution in [0.3, 0.4) is 0 Å². The summed E-state index contributed by atoms with van der Waals surface area (Å²) >= 11 is 0. The third-order valence-electron chi connectivity index (χ3n) is 2.65. The standard InChI is InChI=1S/C12H28N4/c1-7-16(8-2)11(5)9-14-12(13-6)15-10(3)4/h10-11H,7-9H2,1-6H3,(H2,13,14,15). The van der Waals surface area contributed by atoms with Gasteiger partial charge in [0.2, 0.25) is 0 Å². The summed E-state index contributed by atoms with van der Waals surface area (Å²) in [7, 11) is 1.81. The molecule has 0 bridgehead atoms. The number of nitrogens with one attached hydrogen (secondary N) is 2. The van der Waals surface area contributed by atoms with Crippen molar-refractivity contribution in [2.45, 2.75) is 46.7 Å². The van der Waals surface area contributed by atoms with E-state index in [-0.39, 0.29) is 0 Å². The zero-order valence-electron chi connectivity index (χ0n) is 11.7. The molecule has 0 radical (unpaired) electrons. The zero-order chi connectivity index (χ0) is 12.6. The van der Waals surface area contributed by atoms with Crippen LogP contribution >= 0.6 is 0 Å². The van der Waals surface area contributed by atoms with Crippen LogP contribution < -0.4 is 10.6 Å². The predicted molar refractivity (Wildman–Crippen MR) is 72.0 cm³/mol. The Balaban J connectivity index is 4.01. The fraction of sp³-hybridized carbons (Fsp3) is 0.917. The Morgan fingerprint density at radius 3 is 2.12 bits per heavy atom. The molecular weight excluding hydrogens is 200 g/mol. The SMILES string of the molecule is CCN(CC)C(C)CNC(=NC)NC(C)C. The lowest BCUT2D eigenvalue weighted by molar-refractivity contribution is 0.231. The summed E-state index contributed by atoms with van der Waals surface area (Å²) < 4.78 is 0. The Bertz CT molecular complexity index is 197. The van der Waals surface area contributed by atoms with Crippen molar-refractivity contribution in [1.82, 2.24) is 15.5 Å². The van der Waals surface area contributed by atoms with E-state index < -0.39 is 0 Å². The van der Waals surface area contributed by atoms with Crippen LogP contribution in [0.4, 0.5) is 0 Å². The maximum Gasteiger partial charge on any atom is 0.191 e. The van der Waals surface area contributed by atoms with Gasteiger partial charge < -0.3 is 10.6 Å². The molecule has 0 aliphatic carbocycles. The minimum atomic E-state index is 0.412. The van der Waals surface area contributed by atoms with Crippen LogP contribution in [0, 0.1) is 0 Å². The van der Waals surface area contributed by atoms with Gasteiger partial charge in [-0.15, -0.1) is 0 Å². The van der Waals surface area contributed by atoms with Crippen LogP contribution in [0.2, 0.25) is 0 Å². The monoisotopic (exact) mass is 228 g/mol. The Morgan fingerprint density at radius 1 is 1.19 bits per heavy atom. The lowest BCUT2D eigenvalue weighted by Crippen LogP contribution is -2.47. The van der Waals surface area contributed by atoms with Crippen molar-refractivity contribution < 1.29 is 0 Å². The van der Waals surface area contributed by atoms with Crippen LogP contribution in [-0.4, -0.2) is 49.6 Å². The lowest BCUT2D eigenvalue weighted by atomic mass is 10.3. The maximum atomic E-state index is 4.19. The third kappa shape index (κ3) is 5.95. The highest BCUT2D eigenvalue weighted by Crippen LogP contribution is 1.96. The van der Waals surface area contributed by atoms with Gasteiger partial charge in [0.25, 0.3) is 0 Å². The highest BCUT2D eigenvalue weighted by Gasteiger charge is 2.10. The van der Waals surface area contributed by atoms with Crippen LogP contribution in [0.1, 0.15) is 34.6 Å². The summed E-state index contributed by atoms with van der Waals surface area (Å²) in [4.78, 5) is 6.61. The second kappa shape index (κ2) is 8.39. The molecule has 0 aromatic heterocycles. The van der Waals surface area contributed by atoms with Crippen molar-refractivity contribution >= 4 is 5.96 Å². The molecule has 0 aliphatic rings. The van der Waals surface area contributed by atoms with Crippen molar-refractivity contribution in [3.63, 3.8) is 0 Å². The van der Waals surface area contributed by atoms with E-state index >= 15 is 0 Å². The molecule has 16 heavy (non-hydrogen) atoms. The fourth-order valence-corrected chi connectivity index (χ4v) is 1.69. The van der Waals surface area contributed by atoms with Gasteiger partial charge in [0.1, 0.15) is 0 Å². The van der Waals surface area contributed by atoms with Gasteiger partial charge in [-0.25, -0.2) is 0 Å². The van der Waals surface area contributed by atoms with Crippen molar-refractivity contribution in [2.75, 3.05) is 26.7 Å². The molecule has 0 aromatic rings. The fourth-order valence-electron chi connectivity index (χ4n) is 1.69. The van der Waals surface area contributed by atoms with Gasteiger partial charge in [-0.05, 0) is 33.9 Å². The van der Waals surface area contributed by atoms with Gasteiger partial charge in [0, 0.05) is 25.7 Å². The number of nitrogens with zero attached hydrogens (tertiary/aromatic N) is 2. The van der Waals surface area contributed by atoms with Crippen molar-refractivity contribution in [3.05, 3.63) is 0 Å². The van der Waals surface area contributed by atoms with E-state index in [0.717, 1.165) is 25.6 Å². The second-order valence-corrected chi connectivity index (χ2v) is 4.32. The highest BCUT2D eigenvalue weighted by molar-refractivity contribution is 5.79. The van der Waals surface area contributed by atoms with Crippen molar-refractivity contribution in [2.24, 2.45) is 4.99 Å². The molecule has 0 heterocycles. The van der Waals surface area contributed by atoms with Gasteiger partial charge in [0.05, 0.1) is 0 Å². The summed E-state index contributed by atoms with van der Waals surface area (Å²) in [5, 5.41) is 6.63. The summed E-state index contributed by atoms with van der Waals surface area (Å²) in [5.74, 6) is 0.883. The largest absolute Gasteiger partial charge is 0.355 e.